The molecule has 3 rings (SSSR count). The van der Waals surface area contributed by atoms with Gasteiger partial charge in [0.05, 0.1) is 11.2 Å². The van der Waals surface area contributed by atoms with Crippen LogP contribution in [0.1, 0.15) is 17.9 Å². The highest BCUT2D eigenvalue weighted by atomic mass is 32.1. The van der Waals surface area contributed by atoms with E-state index in [4.69, 9.17) is 5.73 Å². The lowest BCUT2D eigenvalue weighted by molar-refractivity contribution is 0.625. The molecule has 0 aliphatic heterocycles. The SMILES string of the molecule is NCCCc1cn(Cc2nc3ccsc3c(=O)[nH]2)nn1. The van der Waals surface area contributed by atoms with Crippen LogP contribution in [0.25, 0.3) is 10.2 Å². The van der Waals surface area contributed by atoms with Crippen LogP contribution in [0.4, 0.5) is 0 Å². The molecule has 0 atom stereocenters. The molecule has 3 heterocycles. The minimum Gasteiger partial charge on any atom is -0.330 e. The predicted molar refractivity (Wildman–Crippen MR) is 76.7 cm³/mol. The molecule has 0 saturated carbocycles. The molecule has 3 aromatic heterocycles. The Labute approximate surface area is 118 Å². The zero-order chi connectivity index (χ0) is 13.9. The molecule has 0 aromatic carbocycles. The van der Waals surface area contributed by atoms with Crippen molar-refractivity contribution in [1.29, 1.82) is 0 Å². The second-order valence-corrected chi connectivity index (χ2v) is 5.36. The number of rotatable bonds is 5. The van der Waals surface area contributed by atoms with Crippen LogP contribution in [0.15, 0.2) is 22.4 Å². The van der Waals surface area contributed by atoms with Crippen molar-refractivity contribution >= 4 is 21.6 Å². The van der Waals surface area contributed by atoms with Crippen molar-refractivity contribution in [3.8, 4) is 0 Å². The fourth-order valence-electron chi connectivity index (χ4n) is 1.96. The maximum absolute atomic E-state index is 11.9. The fraction of sp³-hybridized carbons (Fsp3) is 0.333. The third-order valence-electron chi connectivity index (χ3n) is 2.90. The quantitative estimate of drug-likeness (QED) is 0.713. The Morgan fingerprint density at radius 2 is 2.35 bits per heavy atom. The van der Waals surface area contributed by atoms with Crippen molar-refractivity contribution < 1.29 is 0 Å². The summed E-state index contributed by atoms with van der Waals surface area (Å²) in [5, 5.41) is 9.95. The van der Waals surface area contributed by atoms with E-state index in [-0.39, 0.29) is 5.56 Å². The van der Waals surface area contributed by atoms with Gasteiger partial charge < -0.3 is 10.7 Å². The van der Waals surface area contributed by atoms with Gasteiger partial charge in [-0.15, -0.1) is 16.4 Å². The number of nitrogens with one attached hydrogen (secondary N) is 1. The van der Waals surface area contributed by atoms with Gasteiger partial charge in [0, 0.05) is 6.20 Å². The molecule has 0 fully saturated rings. The number of aromatic nitrogens is 5. The van der Waals surface area contributed by atoms with Gasteiger partial charge >= 0.3 is 0 Å². The van der Waals surface area contributed by atoms with Crippen LogP contribution >= 0.6 is 11.3 Å². The van der Waals surface area contributed by atoms with E-state index in [9.17, 15) is 4.79 Å². The van der Waals surface area contributed by atoms with Crippen molar-refractivity contribution in [3.05, 3.63) is 39.5 Å². The van der Waals surface area contributed by atoms with Crippen molar-refractivity contribution in [3.63, 3.8) is 0 Å². The third kappa shape index (κ3) is 2.61. The molecule has 3 aromatic rings. The number of aryl methyl sites for hydroxylation is 1. The zero-order valence-electron chi connectivity index (χ0n) is 10.7. The van der Waals surface area contributed by atoms with Crippen LogP contribution in [0.3, 0.4) is 0 Å². The Balaban J connectivity index is 1.81. The van der Waals surface area contributed by atoms with E-state index in [0.29, 0.717) is 23.6 Å². The first-order valence-corrected chi connectivity index (χ1v) is 7.19. The Hall–Kier alpha value is -2.06. The van der Waals surface area contributed by atoms with E-state index in [1.165, 1.54) is 11.3 Å². The highest BCUT2D eigenvalue weighted by Crippen LogP contribution is 2.13. The van der Waals surface area contributed by atoms with Gasteiger partial charge in [-0.1, -0.05) is 5.21 Å². The molecule has 8 heteroatoms. The summed E-state index contributed by atoms with van der Waals surface area (Å²) >= 11 is 1.39. The number of fused-ring (bicyclic) bond motifs is 1. The fourth-order valence-corrected chi connectivity index (χ4v) is 2.69. The first-order valence-electron chi connectivity index (χ1n) is 6.32. The number of hydrogen-bond acceptors (Lipinski definition) is 6. The lowest BCUT2D eigenvalue weighted by atomic mass is 10.2. The smallest absolute Gasteiger partial charge is 0.268 e. The van der Waals surface area contributed by atoms with Crippen LogP contribution in [-0.4, -0.2) is 31.5 Å². The zero-order valence-corrected chi connectivity index (χ0v) is 11.6. The number of hydrogen-bond donors (Lipinski definition) is 2. The summed E-state index contributed by atoms with van der Waals surface area (Å²) in [4.78, 5) is 19.0. The minimum absolute atomic E-state index is 0.108. The second kappa shape index (κ2) is 5.51. The van der Waals surface area contributed by atoms with Gasteiger partial charge in [-0.3, -0.25) is 4.79 Å². The van der Waals surface area contributed by atoms with E-state index < -0.39 is 0 Å². The number of nitrogens with two attached hydrogens (primary N) is 1. The standard InChI is InChI=1S/C12H14N6OS/c13-4-1-2-8-6-18(17-16-8)7-10-14-9-3-5-20-11(9)12(19)15-10/h3,5-6H,1-2,4,7,13H2,(H,14,15,19). The Kier molecular flexibility index (Phi) is 3.57. The molecule has 20 heavy (non-hydrogen) atoms. The molecule has 7 nitrogen and oxygen atoms in total. The second-order valence-electron chi connectivity index (χ2n) is 4.45. The summed E-state index contributed by atoms with van der Waals surface area (Å²) in [7, 11) is 0. The van der Waals surface area contributed by atoms with Crippen LogP contribution in [0.2, 0.25) is 0 Å². The normalized spacial score (nSPS) is 11.2. The average molecular weight is 290 g/mol. The first kappa shape index (κ1) is 12.9. The van der Waals surface area contributed by atoms with Crippen molar-refractivity contribution in [2.75, 3.05) is 6.54 Å². The molecule has 0 unspecified atom stereocenters. The van der Waals surface area contributed by atoms with Gasteiger partial charge in [0.25, 0.3) is 5.56 Å². The van der Waals surface area contributed by atoms with Crippen molar-refractivity contribution in [1.82, 2.24) is 25.0 Å². The lowest BCUT2D eigenvalue weighted by Gasteiger charge is -2.00. The maximum atomic E-state index is 11.9. The predicted octanol–water partition coefficient (Wildman–Crippen LogP) is 0.516. The number of thiophene rings is 1. The number of aromatic amines is 1. The molecule has 0 aliphatic rings. The van der Waals surface area contributed by atoms with Crippen molar-refractivity contribution in [2.24, 2.45) is 5.73 Å². The molecule has 0 amide bonds. The number of H-pyrrole nitrogens is 1. The summed E-state index contributed by atoms with van der Waals surface area (Å²) in [5.41, 5.74) is 6.97. The Morgan fingerprint density at radius 3 is 3.20 bits per heavy atom. The van der Waals surface area contributed by atoms with Crippen LogP contribution in [-0.2, 0) is 13.0 Å². The average Bonchev–Trinajstić information content (AvgIpc) is 3.05. The van der Waals surface area contributed by atoms with Crippen LogP contribution < -0.4 is 11.3 Å². The van der Waals surface area contributed by atoms with Gasteiger partial charge in [-0.2, -0.15) is 0 Å². The van der Waals surface area contributed by atoms with Crippen LogP contribution in [0, 0.1) is 0 Å². The maximum Gasteiger partial charge on any atom is 0.268 e. The highest BCUT2D eigenvalue weighted by molar-refractivity contribution is 7.17. The summed E-state index contributed by atoms with van der Waals surface area (Å²) in [6.45, 7) is 1.03. The van der Waals surface area contributed by atoms with Gasteiger partial charge in [0.15, 0.2) is 0 Å². The van der Waals surface area contributed by atoms with E-state index in [2.05, 4.69) is 20.3 Å². The molecule has 0 bridgehead atoms. The van der Waals surface area contributed by atoms with E-state index in [1.54, 1.807) is 4.68 Å². The van der Waals surface area contributed by atoms with Crippen LogP contribution in [0.5, 0.6) is 0 Å². The first-order chi connectivity index (χ1) is 9.76. The van der Waals surface area contributed by atoms with E-state index in [0.717, 1.165) is 24.1 Å². The Morgan fingerprint density at radius 1 is 1.45 bits per heavy atom. The molecule has 104 valence electrons. The molecule has 0 aliphatic carbocycles. The summed E-state index contributed by atoms with van der Waals surface area (Å²) in [6.07, 6.45) is 3.55. The number of nitrogens with zero attached hydrogens (tertiary/aromatic N) is 4. The van der Waals surface area contributed by atoms with Gasteiger partial charge in [0.2, 0.25) is 0 Å². The molecule has 0 spiro atoms. The summed E-state index contributed by atoms with van der Waals surface area (Å²) < 4.78 is 2.32. The Bertz CT molecular complexity index is 773. The molecular formula is C12H14N6OS. The molecule has 3 N–H and O–H groups in total. The largest absolute Gasteiger partial charge is 0.330 e. The van der Waals surface area contributed by atoms with E-state index >= 15 is 0 Å². The highest BCUT2D eigenvalue weighted by Gasteiger charge is 2.07. The van der Waals surface area contributed by atoms with Crippen molar-refractivity contribution in [2.45, 2.75) is 19.4 Å². The monoisotopic (exact) mass is 290 g/mol. The van der Waals surface area contributed by atoms with E-state index in [1.807, 2.05) is 17.6 Å². The molecule has 0 radical (unpaired) electrons. The molecule has 0 saturated heterocycles. The summed E-state index contributed by atoms with van der Waals surface area (Å²) in [6, 6.07) is 1.84. The van der Waals surface area contributed by atoms with Gasteiger partial charge in [-0.05, 0) is 30.8 Å². The van der Waals surface area contributed by atoms with Gasteiger partial charge in [0.1, 0.15) is 17.1 Å². The minimum atomic E-state index is -0.108. The summed E-state index contributed by atoms with van der Waals surface area (Å²) in [5.74, 6) is 0.580. The third-order valence-corrected chi connectivity index (χ3v) is 3.80. The molecular weight excluding hydrogens is 276 g/mol. The topological polar surface area (TPSA) is 102 Å². The lowest BCUT2D eigenvalue weighted by Crippen LogP contribution is -2.13. The van der Waals surface area contributed by atoms with Gasteiger partial charge in [-0.25, -0.2) is 9.67 Å².